The Bertz CT molecular complexity index is 821. The fraction of sp³-hybridized carbons (Fsp3) is 0.724. The summed E-state index contributed by atoms with van der Waals surface area (Å²) in [5, 5.41) is 0. The van der Waals surface area contributed by atoms with E-state index in [1.807, 2.05) is 0 Å². The van der Waals surface area contributed by atoms with Crippen molar-refractivity contribution in [2.24, 2.45) is 28.6 Å². The van der Waals surface area contributed by atoms with Crippen LogP contribution >= 0.6 is 0 Å². The number of ether oxygens (including phenoxy) is 2. The van der Waals surface area contributed by atoms with E-state index in [0.29, 0.717) is 23.0 Å². The average Bonchev–Trinajstić information content (AvgIpc) is 3.04. The Labute approximate surface area is 189 Å². The van der Waals surface area contributed by atoms with Gasteiger partial charge in [0.05, 0.1) is 11.7 Å². The molecule has 0 saturated heterocycles. The third kappa shape index (κ3) is 3.77. The van der Waals surface area contributed by atoms with Crippen LogP contribution in [0.15, 0.2) is 42.0 Å². The Morgan fingerprint density at radius 1 is 0.903 bits per heavy atom. The van der Waals surface area contributed by atoms with E-state index in [-0.39, 0.29) is 5.60 Å². The van der Waals surface area contributed by atoms with Crippen LogP contribution in [0.5, 0.6) is 5.75 Å². The van der Waals surface area contributed by atoms with Gasteiger partial charge in [0.2, 0.25) is 0 Å². The molecule has 3 saturated carbocycles. The molecule has 4 aliphatic carbocycles. The quantitative estimate of drug-likeness (QED) is 0.467. The number of hydrogen-bond donors (Lipinski definition) is 0. The van der Waals surface area contributed by atoms with E-state index in [1.165, 1.54) is 44.9 Å². The van der Waals surface area contributed by atoms with Crippen LogP contribution in [0.3, 0.4) is 0 Å². The van der Waals surface area contributed by atoms with E-state index in [2.05, 4.69) is 71.0 Å². The van der Waals surface area contributed by atoms with Crippen LogP contribution in [0.25, 0.3) is 0 Å². The van der Waals surface area contributed by atoms with Gasteiger partial charge in [-0.25, -0.2) is 0 Å². The van der Waals surface area contributed by atoms with Crippen molar-refractivity contribution < 1.29 is 9.47 Å². The maximum Gasteiger partial charge on any atom is 0.119 e. The van der Waals surface area contributed by atoms with Gasteiger partial charge in [-0.05, 0) is 107 Å². The van der Waals surface area contributed by atoms with Crippen LogP contribution in [0.4, 0.5) is 0 Å². The van der Waals surface area contributed by atoms with E-state index in [4.69, 9.17) is 9.47 Å². The monoisotopic (exact) mass is 422 g/mol. The summed E-state index contributed by atoms with van der Waals surface area (Å²) in [7, 11) is 0. The second-order valence-electron chi connectivity index (χ2n) is 12.4. The van der Waals surface area contributed by atoms with Gasteiger partial charge >= 0.3 is 0 Å². The second kappa shape index (κ2) is 7.65. The van der Waals surface area contributed by atoms with Crippen LogP contribution in [0, 0.1) is 28.6 Å². The first kappa shape index (κ1) is 21.6. The SMILES string of the molecule is CC(C)(C)O[C@H]1CC[C@@]2(C)C(=CC[C@@H]3[C@H]4CC[C@H](Oc5ccccc5)[C@]4(C)CC[C@H]32)C1. The van der Waals surface area contributed by atoms with Gasteiger partial charge in [-0.15, -0.1) is 0 Å². The van der Waals surface area contributed by atoms with Crippen molar-refractivity contribution in [3.63, 3.8) is 0 Å². The minimum absolute atomic E-state index is 0.0412. The first-order chi connectivity index (χ1) is 14.7. The Balaban J connectivity index is 1.34. The predicted molar refractivity (Wildman–Crippen MR) is 127 cm³/mol. The van der Waals surface area contributed by atoms with Gasteiger partial charge < -0.3 is 9.47 Å². The molecule has 0 bridgehead atoms. The highest BCUT2D eigenvalue weighted by molar-refractivity contribution is 5.26. The first-order valence-corrected chi connectivity index (χ1v) is 12.8. The molecule has 31 heavy (non-hydrogen) atoms. The van der Waals surface area contributed by atoms with Crippen LogP contribution in [-0.4, -0.2) is 17.8 Å². The van der Waals surface area contributed by atoms with Crippen LogP contribution in [-0.2, 0) is 4.74 Å². The van der Waals surface area contributed by atoms with Gasteiger partial charge in [0.1, 0.15) is 11.9 Å². The van der Waals surface area contributed by atoms with Gasteiger partial charge in [-0.3, -0.25) is 0 Å². The van der Waals surface area contributed by atoms with Crippen molar-refractivity contribution in [3.8, 4) is 5.75 Å². The highest BCUT2D eigenvalue weighted by Gasteiger charge is 2.59. The second-order valence-corrected chi connectivity index (χ2v) is 12.4. The molecule has 0 radical (unpaired) electrons. The van der Waals surface area contributed by atoms with Crippen molar-refractivity contribution in [1.29, 1.82) is 0 Å². The van der Waals surface area contributed by atoms with Crippen molar-refractivity contribution in [2.75, 3.05) is 0 Å². The first-order valence-electron chi connectivity index (χ1n) is 12.8. The summed E-state index contributed by atoms with van der Waals surface area (Å²) in [6.45, 7) is 11.7. The summed E-state index contributed by atoms with van der Waals surface area (Å²) in [6, 6.07) is 10.5. The molecule has 0 amide bonds. The van der Waals surface area contributed by atoms with Crippen molar-refractivity contribution in [3.05, 3.63) is 42.0 Å². The van der Waals surface area contributed by atoms with E-state index < -0.39 is 0 Å². The van der Waals surface area contributed by atoms with Crippen LogP contribution < -0.4 is 4.74 Å². The molecule has 170 valence electrons. The van der Waals surface area contributed by atoms with Crippen molar-refractivity contribution in [1.82, 2.24) is 0 Å². The number of para-hydroxylation sites is 1. The Morgan fingerprint density at radius 3 is 2.42 bits per heavy atom. The van der Waals surface area contributed by atoms with Gasteiger partial charge in [-0.2, -0.15) is 0 Å². The summed E-state index contributed by atoms with van der Waals surface area (Å²) < 4.78 is 13.0. The van der Waals surface area contributed by atoms with Crippen molar-refractivity contribution >= 4 is 0 Å². The number of rotatable bonds is 3. The number of benzene rings is 1. The van der Waals surface area contributed by atoms with Crippen LogP contribution in [0.2, 0.25) is 0 Å². The van der Waals surface area contributed by atoms with E-state index >= 15 is 0 Å². The molecule has 2 nitrogen and oxygen atoms in total. The van der Waals surface area contributed by atoms with Gasteiger partial charge in [0.15, 0.2) is 0 Å². The number of fused-ring (bicyclic) bond motifs is 5. The normalized spacial score (nSPS) is 42.2. The van der Waals surface area contributed by atoms with Crippen molar-refractivity contribution in [2.45, 2.75) is 104 Å². The molecule has 0 spiro atoms. The summed E-state index contributed by atoms with van der Waals surface area (Å²) in [5.41, 5.74) is 2.39. The lowest BCUT2D eigenvalue weighted by atomic mass is 9.48. The Kier molecular flexibility index (Phi) is 5.32. The van der Waals surface area contributed by atoms with Gasteiger partial charge in [-0.1, -0.05) is 43.7 Å². The topological polar surface area (TPSA) is 18.5 Å². The molecule has 0 heterocycles. The third-order valence-corrected chi connectivity index (χ3v) is 9.51. The van der Waals surface area contributed by atoms with Crippen LogP contribution in [0.1, 0.15) is 86.0 Å². The smallest absolute Gasteiger partial charge is 0.119 e. The molecule has 0 aliphatic heterocycles. The standard InChI is InChI=1S/C29H42O2/c1-27(2,3)31-22-15-17-28(4)20(19-22)11-12-23-24-13-14-26(29(24,5)18-16-25(23)28)30-21-9-7-6-8-10-21/h6-11,22-26H,12-19H2,1-5H3/t22-,23+,24+,25+,26-,28-,29+/m0/s1. The molecule has 7 atom stereocenters. The number of hydrogen-bond acceptors (Lipinski definition) is 2. The molecule has 0 N–H and O–H groups in total. The lowest BCUT2D eigenvalue weighted by Crippen LogP contribution is -2.52. The number of allylic oxidation sites excluding steroid dienone is 1. The maximum absolute atomic E-state index is 6.59. The minimum Gasteiger partial charge on any atom is -0.490 e. The molecule has 1 aromatic carbocycles. The van der Waals surface area contributed by atoms with E-state index in [9.17, 15) is 0 Å². The lowest BCUT2D eigenvalue weighted by molar-refractivity contribution is -0.0971. The molecule has 4 aliphatic rings. The fourth-order valence-electron chi connectivity index (χ4n) is 8.04. The zero-order valence-corrected chi connectivity index (χ0v) is 20.3. The lowest BCUT2D eigenvalue weighted by Gasteiger charge is -2.58. The summed E-state index contributed by atoms with van der Waals surface area (Å²) in [6.07, 6.45) is 13.6. The summed E-state index contributed by atoms with van der Waals surface area (Å²) >= 11 is 0. The molecular weight excluding hydrogens is 380 g/mol. The van der Waals surface area contributed by atoms with E-state index in [0.717, 1.165) is 29.9 Å². The molecule has 0 unspecified atom stereocenters. The molecule has 5 rings (SSSR count). The van der Waals surface area contributed by atoms with Gasteiger partial charge in [0, 0.05) is 5.41 Å². The third-order valence-electron chi connectivity index (χ3n) is 9.51. The molecule has 3 fully saturated rings. The zero-order chi connectivity index (χ0) is 21.9. The molecule has 1 aromatic rings. The summed E-state index contributed by atoms with van der Waals surface area (Å²) in [4.78, 5) is 0. The largest absolute Gasteiger partial charge is 0.490 e. The Morgan fingerprint density at radius 2 is 1.68 bits per heavy atom. The maximum atomic E-state index is 6.59. The Hall–Kier alpha value is -1.28. The highest BCUT2D eigenvalue weighted by atomic mass is 16.5. The average molecular weight is 423 g/mol. The molecule has 2 heteroatoms. The zero-order valence-electron chi connectivity index (χ0n) is 20.3. The summed E-state index contributed by atoms with van der Waals surface area (Å²) in [5.74, 6) is 3.53. The predicted octanol–water partition coefficient (Wildman–Crippen LogP) is 7.58. The highest BCUT2D eigenvalue weighted by Crippen LogP contribution is 2.65. The minimum atomic E-state index is -0.0412. The fourth-order valence-corrected chi connectivity index (χ4v) is 8.04. The van der Waals surface area contributed by atoms with E-state index in [1.54, 1.807) is 5.57 Å². The molecular formula is C29H42O2. The van der Waals surface area contributed by atoms with Gasteiger partial charge in [0.25, 0.3) is 0 Å². The molecule has 0 aromatic heterocycles.